The minimum absolute atomic E-state index is 0.651. The van der Waals surface area contributed by atoms with Gasteiger partial charge in [-0.3, -0.25) is 0 Å². The number of para-hydroxylation sites is 2. The van der Waals surface area contributed by atoms with Crippen molar-refractivity contribution in [3.05, 3.63) is 156 Å². The highest BCUT2D eigenvalue weighted by atomic mass is 15.0. The maximum absolute atomic E-state index is 9.62. The lowest BCUT2D eigenvalue weighted by Crippen LogP contribution is -1.95. The third-order valence-electron chi connectivity index (χ3n) is 8.65. The summed E-state index contributed by atoms with van der Waals surface area (Å²) < 4.78 is 4.53. The molecule has 6 aromatic carbocycles. The summed E-state index contributed by atoms with van der Waals surface area (Å²) in [7, 11) is 0. The van der Waals surface area contributed by atoms with Crippen LogP contribution in [0, 0.1) is 22.7 Å². The summed E-state index contributed by atoms with van der Waals surface area (Å²) in [5.74, 6) is 0. The van der Waals surface area contributed by atoms with Gasteiger partial charge in [0.1, 0.15) is 0 Å². The number of hydrogen-bond donors (Lipinski definition) is 0. The molecule has 0 N–H and O–H groups in total. The Labute approximate surface area is 254 Å². The summed E-state index contributed by atoms with van der Waals surface area (Å²) in [5.41, 5.74) is 10.5. The molecule has 0 saturated heterocycles. The van der Waals surface area contributed by atoms with Crippen LogP contribution in [0.15, 0.2) is 133 Å². The number of fused-ring (bicyclic) bond motifs is 6. The predicted molar refractivity (Wildman–Crippen MR) is 178 cm³/mol. The van der Waals surface area contributed by atoms with Crippen LogP contribution in [0.1, 0.15) is 22.3 Å². The van der Waals surface area contributed by atoms with E-state index in [9.17, 15) is 10.5 Å². The van der Waals surface area contributed by atoms with Crippen molar-refractivity contribution in [3.8, 4) is 23.5 Å². The van der Waals surface area contributed by atoms with Crippen LogP contribution in [-0.2, 0) is 12.8 Å². The summed E-state index contributed by atoms with van der Waals surface area (Å²) >= 11 is 0. The molecule has 0 aliphatic rings. The molecule has 0 amide bonds. The zero-order chi connectivity index (χ0) is 29.6. The largest absolute Gasteiger partial charge is 0.309 e. The fourth-order valence-corrected chi connectivity index (χ4v) is 6.61. The Bertz CT molecular complexity index is 2460. The van der Waals surface area contributed by atoms with Gasteiger partial charge in [0.05, 0.1) is 45.3 Å². The standard InChI is InChI=1S/C40H26N4/c41-25-29-7-6-10-32(21-29)44-37-12-5-4-11-33(37)34-22-27(15-18-38(34)44)13-14-28-16-19-39-35(23-28)36-24-30(26-42)17-20-40(36)43(39)31-8-2-1-3-9-31/h1-12,15-24H,13-14H2. The summed E-state index contributed by atoms with van der Waals surface area (Å²) in [6.07, 6.45) is 1.81. The molecule has 8 rings (SSSR count). The number of aryl methyl sites for hydroxylation is 2. The van der Waals surface area contributed by atoms with Crippen LogP contribution >= 0.6 is 0 Å². The molecule has 0 spiro atoms. The molecule has 0 aliphatic heterocycles. The summed E-state index contributed by atoms with van der Waals surface area (Å²) in [5, 5.41) is 23.8. The van der Waals surface area contributed by atoms with Crippen molar-refractivity contribution < 1.29 is 0 Å². The Kier molecular flexibility index (Phi) is 6.00. The molecule has 0 unspecified atom stereocenters. The number of hydrogen-bond acceptors (Lipinski definition) is 2. The topological polar surface area (TPSA) is 57.4 Å². The first-order chi connectivity index (χ1) is 21.7. The lowest BCUT2D eigenvalue weighted by Gasteiger charge is -2.09. The molecule has 206 valence electrons. The van der Waals surface area contributed by atoms with Gasteiger partial charge >= 0.3 is 0 Å². The highest BCUT2D eigenvalue weighted by Gasteiger charge is 2.15. The van der Waals surface area contributed by atoms with Gasteiger partial charge < -0.3 is 9.13 Å². The Balaban J connectivity index is 1.18. The second-order valence-corrected chi connectivity index (χ2v) is 11.2. The first-order valence-corrected chi connectivity index (χ1v) is 14.8. The molecule has 44 heavy (non-hydrogen) atoms. The normalized spacial score (nSPS) is 11.3. The van der Waals surface area contributed by atoms with Gasteiger partial charge in [-0.25, -0.2) is 0 Å². The summed E-state index contributed by atoms with van der Waals surface area (Å²) in [6, 6.07) is 50.7. The third-order valence-corrected chi connectivity index (χ3v) is 8.65. The zero-order valence-electron chi connectivity index (χ0n) is 23.9. The van der Waals surface area contributed by atoms with Crippen LogP contribution in [0.5, 0.6) is 0 Å². The molecule has 0 aliphatic carbocycles. The second kappa shape index (κ2) is 10.3. The quantitative estimate of drug-likeness (QED) is 0.210. The van der Waals surface area contributed by atoms with Gasteiger partial charge in [-0.2, -0.15) is 10.5 Å². The maximum atomic E-state index is 9.62. The van der Waals surface area contributed by atoms with E-state index in [0.717, 1.165) is 57.1 Å². The molecule has 0 radical (unpaired) electrons. The Morgan fingerprint density at radius 3 is 1.64 bits per heavy atom. The first-order valence-electron chi connectivity index (χ1n) is 14.8. The van der Waals surface area contributed by atoms with Gasteiger partial charge in [0.2, 0.25) is 0 Å². The third kappa shape index (κ3) is 4.13. The minimum Gasteiger partial charge on any atom is -0.309 e. The first kappa shape index (κ1) is 25.6. The number of nitriles is 2. The highest BCUT2D eigenvalue weighted by molar-refractivity contribution is 6.10. The Hall–Kier alpha value is -6.10. The van der Waals surface area contributed by atoms with E-state index >= 15 is 0 Å². The van der Waals surface area contributed by atoms with E-state index in [1.54, 1.807) is 0 Å². The molecule has 4 heteroatoms. The molecule has 0 saturated carbocycles. The molecule has 2 heterocycles. The number of nitrogens with zero attached hydrogens (tertiary/aromatic N) is 4. The van der Waals surface area contributed by atoms with Gasteiger partial charge in [-0.05, 0) is 103 Å². The van der Waals surface area contributed by atoms with Crippen molar-refractivity contribution in [1.29, 1.82) is 10.5 Å². The van der Waals surface area contributed by atoms with Crippen molar-refractivity contribution in [2.75, 3.05) is 0 Å². The fourth-order valence-electron chi connectivity index (χ4n) is 6.61. The van der Waals surface area contributed by atoms with E-state index in [4.69, 9.17) is 0 Å². The van der Waals surface area contributed by atoms with Crippen molar-refractivity contribution in [2.45, 2.75) is 12.8 Å². The molecule has 0 bridgehead atoms. The lowest BCUT2D eigenvalue weighted by molar-refractivity contribution is 0.964. The van der Waals surface area contributed by atoms with Crippen LogP contribution in [0.3, 0.4) is 0 Å². The molecule has 4 nitrogen and oxygen atoms in total. The minimum atomic E-state index is 0.651. The van der Waals surface area contributed by atoms with Gasteiger partial charge in [-0.1, -0.05) is 54.6 Å². The smallest absolute Gasteiger partial charge is 0.0992 e. The van der Waals surface area contributed by atoms with Crippen molar-refractivity contribution in [3.63, 3.8) is 0 Å². The van der Waals surface area contributed by atoms with E-state index in [1.165, 1.54) is 21.9 Å². The van der Waals surface area contributed by atoms with E-state index in [2.05, 4.69) is 118 Å². The molecule has 8 aromatic rings. The average molecular weight is 563 g/mol. The van der Waals surface area contributed by atoms with Gasteiger partial charge in [0, 0.05) is 32.9 Å². The van der Waals surface area contributed by atoms with E-state index in [0.29, 0.717) is 11.1 Å². The SMILES string of the molecule is N#Cc1cccc(-n2c3ccccc3c3cc(CCc4ccc5c(c4)c4cc(C#N)ccc4n5-c4ccccc4)ccc32)c1. The Morgan fingerprint density at radius 1 is 0.409 bits per heavy atom. The number of benzene rings is 6. The van der Waals surface area contributed by atoms with Crippen LogP contribution < -0.4 is 0 Å². The van der Waals surface area contributed by atoms with Crippen molar-refractivity contribution >= 4 is 43.6 Å². The highest BCUT2D eigenvalue weighted by Crippen LogP contribution is 2.35. The van der Waals surface area contributed by atoms with E-state index in [1.807, 2.05) is 36.4 Å². The fraction of sp³-hybridized carbons (Fsp3) is 0.0500. The second-order valence-electron chi connectivity index (χ2n) is 11.2. The maximum Gasteiger partial charge on any atom is 0.0992 e. The lowest BCUT2D eigenvalue weighted by atomic mass is 10.0. The zero-order valence-corrected chi connectivity index (χ0v) is 23.9. The van der Waals surface area contributed by atoms with Gasteiger partial charge in [0.15, 0.2) is 0 Å². The van der Waals surface area contributed by atoms with Crippen LogP contribution in [-0.4, -0.2) is 9.13 Å². The molecule has 2 aromatic heterocycles. The number of rotatable bonds is 5. The van der Waals surface area contributed by atoms with Crippen molar-refractivity contribution in [2.24, 2.45) is 0 Å². The molecule has 0 atom stereocenters. The summed E-state index contributed by atoms with van der Waals surface area (Å²) in [6.45, 7) is 0. The Morgan fingerprint density at radius 2 is 0.932 bits per heavy atom. The van der Waals surface area contributed by atoms with Crippen LogP contribution in [0.2, 0.25) is 0 Å². The monoisotopic (exact) mass is 562 g/mol. The molecular weight excluding hydrogens is 536 g/mol. The molecular formula is C40H26N4. The van der Waals surface area contributed by atoms with Crippen molar-refractivity contribution in [1.82, 2.24) is 9.13 Å². The van der Waals surface area contributed by atoms with E-state index < -0.39 is 0 Å². The predicted octanol–water partition coefficient (Wildman–Crippen LogP) is 9.41. The van der Waals surface area contributed by atoms with E-state index in [-0.39, 0.29) is 0 Å². The van der Waals surface area contributed by atoms with Gasteiger partial charge in [0.25, 0.3) is 0 Å². The average Bonchev–Trinajstić information content (AvgIpc) is 3.59. The number of aromatic nitrogens is 2. The van der Waals surface area contributed by atoms with Gasteiger partial charge in [-0.15, -0.1) is 0 Å². The summed E-state index contributed by atoms with van der Waals surface area (Å²) in [4.78, 5) is 0. The van der Waals surface area contributed by atoms with Crippen LogP contribution in [0.25, 0.3) is 55.0 Å². The molecule has 0 fully saturated rings. The van der Waals surface area contributed by atoms with Crippen LogP contribution in [0.4, 0.5) is 0 Å².